The Hall–Kier alpha value is -1.92. The predicted octanol–water partition coefficient (Wildman–Crippen LogP) is 4.04. The van der Waals surface area contributed by atoms with Crippen molar-refractivity contribution in [2.75, 3.05) is 24.5 Å². The van der Waals surface area contributed by atoms with E-state index in [2.05, 4.69) is 33.9 Å². The number of aryl methyl sites for hydroxylation is 2. The van der Waals surface area contributed by atoms with Crippen LogP contribution >= 0.6 is 0 Å². The average molecular weight is 391 g/mol. The van der Waals surface area contributed by atoms with Crippen LogP contribution in [0.2, 0.25) is 0 Å². The molecule has 1 heterocycles. The third-order valence-electron chi connectivity index (χ3n) is 5.02. The first kappa shape index (κ1) is 19.8. The number of sulfonamides is 1. The summed E-state index contributed by atoms with van der Waals surface area (Å²) < 4.78 is 40.5. The number of hydrogen-bond donors (Lipinski definition) is 1. The molecule has 0 spiro atoms. The van der Waals surface area contributed by atoms with Crippen LogP contribution in [0.4, 0.5) is 10.1 Å². The summed E-state index contributed by atoms with van der Waals surface area (Å²) in [4.78, 5) is 2.56. The van der Waals surface area contributed by atoms with Gasteiger partial charge in [-0.1, -0.05) is 12.1 Å². The molecule has 27 heavy (non-hydrogen) atoms. The zero-order chi connectivity index (χ0) is 19.3. The van der Waals surface area contributed by atoms with Crippen molar-refractivity contribution in [1.29, 1.82) is 0 Å². The molecule has 4 nitrogen and oxygen atoms in total. The lowest BCUT2D eigenvalue weighted by atomic mass is 10.1. The molecule has 2 aromatic rings. The molecule has 1 saturated heterocycles. The summed E-state index contributed by atoms with van der Waals surface area (Å²) in [5.41, 5.74) is 2.88. The van der Waals surface area contributed by atoms with Gasteiger partial charge in [0, 0.05) is 25.3 Å². The largest absolute Gasteiger partial charge is 0.372 e. The van der Waals surface area contributed by atoms with Crippen LogP contribution in [0.15, 0.2) is 47.4 Å². The second kappa shape index (κ2) is 8.85. The third-order valence-corrected chi connectivity index (χ3v) is 6.64. The number of halogens is 1. The molecule has 0 saturated carbocycles. The summed E-state index contributed by atoms with van der Waals surface area (Å²) in [6, 6.07) is 12.3. The average Bonchev–Trinajstić information content (AvgIpc) is 2.66. The Morgan fingerprint density at radius 2 is 1.74 bits per heavy atom. The second-order valence-corrected chi connectivity index (χ2v) is 8.86. The summed E-state index contributed by atoms with van der Waals surface area (Å²) in [6.45, 7) is 4.21. The minimum Gasteiger partial charge on any atom is -0.372 e. The monoisotopic (exact) mass is 390 g/mol. The Morgan fingerprint density at radius 3 is 2.41 bits per heavy atom. The Kier molecular flexibility index (Phi) is 6.50. The maximum atomic E-state index is 13.2. The maximum Gasteiger partial charge on any atom is 0.240 e. The molecule has 0 amide bonds. The van der Waals surface area contributed by atoms with E-state index in [0.29, 0.717) is 18.5 Å². The zero-order valence-electron chi connectivity index (χ0n) is 15.7. The standard InChI is InChI=1S/C21H27FN2O2S/c1-17-16-19(22)9-12-21(17)27(25,26)23-13-5-6-18-7-10-20(11-8-18)24-14-3-2-4-15-24/h7-12,16,23H,2-6,13-15H2,1H3. The number of hydrogen-bond acceptors (Lipinski definition) is 3. The van der Waals surface area contributed by atoms with Crippen LogP contribution in [0, 0.1) is 12.7 Å². The Bertz CT molecular complexity index is 860. The van der Waals surface area contributed by atoms with Crippen molar-refractivity contribution < 1.29 is 12.8 Å². The number of benzene rings is 2. The summed E-state index contributed by atoms with van der Waals surface area (Å²) in [5.74, 6) is -0.431. The van der Waals surface area contributed by atoms with Gasteiger partial charge in [0.2, 0.25) is 10.0 Å². The molecule has 1 aliphatic rings. The molecule has 0 atom stereocenters. The molecule has 6 heteroatoms. The van der Waals surface area contributed by atoms with E-state index in [4.69, 9.17) is 0 Å². The lowest BCUT2D eigenvalue weighted by molar-refractivity contribution is 0.576. The van der Waals surface area contributed by atoms with Gasteiger partial charge in [0.25, 0.3) is 0 Å². The highest BCUT2D eigenvalue weighted by Crippen LogP contribution is 2.21. The van der Waals surface area contributed by atoms with Crippen molar-refractivity contribution in [3.8, 4) is 0 Å². The highest BCUT2D eigenvalue weighted by molar-refractivity contribution is 7.89. The molecular weight excluding hydrogens is 363 g/mol. The van der Waals surface area contributed by atoms with Crippen LogP contribution in [0.5, 0.6) is 0 Å². The van der Waals surface area contributed by atoms with Gasteiger partial charge in [-0.2, -0.15) is 0 Å². The minimum absolute atomic E-state index is 0.134. The van der Waals surface area contributed by atoms with Crippen LogP contribution in [0.25, 0.3) is 0 Å². The Morgan fingerprint density at radius 1 is 1.04 bits per heavy atom. The van der Waals surface area contributed by atoms with Gasteiger partial charge < -0.3 is 4.90 Å². The molecule has 146 valence electrons. The summed E-state index contributed by atoms with van der Waals surface area (Å²) >= 11 is 0. The first-order valence-electron chi connectivity index (χ1n) is 9.55. The van der Waals surface area contributed by atoms with Gasteiger partial charge in [0.15, 0.2) is 0 Å². The number of rotatable bonds is 7. The number of piperidine rings is 1. The highest BCUT2D eigenvalue weighted by atomic mass is 32.2. The first-order chi connectivity index (χ1) is 13.0. The summed E-state index contributed by atoms with van der Waals surface area (Å²) in [7, 11) is -3.61. The van der Waals surface area contributed by atoms with E-state index in [1.54, 1.807) is 6.92 Å². The molecule has 1 aliphatic heterocycles. The lowest BCUT2D eigenvalue weighted by Crippen LogP contribution is -2.29. The van der Waals surface area contributed by atoms with Gasteiger partial charge in [-0.05, 0) is 80.5 Å². The molecule has 2 aromatic carbocycles. The molecule has 0 unspecified atom stereocenters. The normalized spacial score (nSPS) is 15.1. The van der Waals surface area contributed by atoms with E-state index in [0.717, 1.165) is 19.5 Å². The molecule has 0 bridgehead atoms. The molecule has 0 radical (unpaired) electrons. The SMILES string of the molecule is Cc1cc(F)ccc1S(=O)(=O)NCCCc1ccc(N2CCCCC2)cc1. The van der Waals surface area contributed by atoms with Crippen molar-refractivity contribution >= 4 is 15.7 Å². The fourth-order valence-electron chi connectivity index (χ4n) is 3.52. The molecule has 3 rings (SSSR count). The van der Waals surface area contributed by atoms with Crippen molar-refractivity contribution in [1.82, 2.24) is 4.72 Å². The van der Waals surface area contributed by atoms with Gasteiger partial charge in [0.05, 0.1) is 4.90 Å². The fourth-order valence-corrected chi connectivity index (χ4v) is 4.82. The quantitative estimate of drug-likeness (QED) is 0.726. The molecule has 0 aromatic heterocycles. The van der Waals surface area contributed by atoms with E-state index in [9.17, 15) is 12.8 Å². The summed E-state index contributed by atoms with van der Waals surface area (Å²) in [5, 5.41) is 0. The topological polar surface area (TPSA) is 49.4 Å². The van der Waals surface area contributed by atoms with Gasteiger partial charge in [-0.15, -0.1) is 0 Å². The van der Waals surface area contributed by atoms with Crippen molar-refractivity contribution in [3.63, 3.8) is 0 Å². The third kappa shape index (κ3) is 5.30. The van der Waals surface area contributed by atoms with Gasteiger partial charge >= 0.3 is 0 Å². The van der Waals surface area contributed by atoms with Gasteiger partial charge in [-0.25, -0.2) is 17.5 Å². The second-order valence-electron chi connectivity index (χ2n) is 7.13. The predicted molar refractivity (Wildman–Crippen MR) is 107 cm³/mol. The zero-order valence-corrected chi connectivity index (χ0v) is 16.6. The number of anilines is 1. The van der Waals surface area contributed by atoms with E-state index < -0.39 is 15.8 Å². The minimum atomic E-state index is -3.61. The molecule has 1 N–H and O–H groups in total. The Balaban J connectivity index is 1.49. The van der Waals surface area contributed by atoms with Crippen molar-refractivity contribution in [3.05, 3.63) is 59.4 Å². The van der Waals surface area contributed by atoms with Gasteiger partial charge in [0.1, 0.15) is 5.82 Å². The van der Waals surface area contributed by atoms with Crippen molar-refractivity contribution in [2.45, 2.75) is 43.9 Å². The molecule has 0 aliphatic carbocycles. The highest BCUT2D eigenvalue weighted by Gasteiger charge is 2.16. The maximum absolute atomic E-state index is 13.2. The van der Waals surface area contributed by atoms with Crippen LogP contribution in [0.3, 0.4) is 0 Å². The van der Waals surface area contributed by atoms with Gasteiger partial charge in [-0.3, -0.25) is 0 Å². The smallest absolute Gasteiger partial charge is 0.240 e. The molecular formula is C21H27FN2O2S. The van der Waals surface area contributed by atoms with E-state index in [-0.39, 0.29) is 4.90 Å². The van der Waals surface area contributed by atoms with Crippen LogP contribution in [0.1, 0.15) is 36.8 Å². The first-order valence-corrected chi connectivity index (χ1v) is 11.0. The number of nitrogens with one attached hydrogen (secondary N) is 1. The molecule has 1 fully saturated rings. The van der Waals surface area contributed by atoms with E-state index in [1.165, 1.54) is 48.7 Å². The Labute approximate surface area is 161 Å². The summed E-state index contributed by atoms with van der Waals surface area (Å²) in [6.07, 6.45) is 5.36. The van der Waals surface area contributed by atoms with E-state index in [1.807, 2.05) is 0 Å². The fraction of sp³-hybridized carbons (Fsp3) is 0.429. The van der Waals surface area contributed by atoms with Crippen LogP contribution in [-0.4, -0.2) is 28.1 Å². The van der Waals surface area contributed by atoms with E-state index >= 15 is 0 Å². The number of nitrogens with zero attached hydrogens (tertiary/aromatic N) is 1. The van der Waals surface area contributed by atoms with Crippen LogP contribution in [-0.2, 0) is 16.4 Å². The van der Waals surface area contributed by atoms with Crippen LogP contribution < -0.4 is 9.62 Å². The lowest BCUT2D eigenvalue weighted by Gasteiger charge is -2.28. The van der Waals surface area contributed by atoms with Crippen molar-refractivity contribution in [2.24, 2.45) is 0 Å².